The average Bonchev–Trinajstić information content (AvgIpc) is 2.70. The SMILES string of the molecule is CNC(=O)[C@H]1C[C@@H]2C[C@H](C2(C)C)[C@@]1(C)Nc1nc(Nc2ccccc2)ncc1Cl. The molecule has 5 rings (SSSR count). The number of fused-ring (bicyclic) bond motifs is 2. The van der Waals surface area contributed by atoms with E-state index >= 15 is 0 Å². The molecule has 0 aliphatic heterocycles. The minimum Gasteiger partial charge on any atom is -0.362 e. The Morgan fingerprint density at radius 3 is 2.55 bits per heavy atom. The molecule has 3 aliphatic rings. The monoisotopic (exact) mass is 413 g/mol. The lowest BCUT2D eigenvalue weighted by Gasteiger charge is -2.66. The zero-order chi connectivity index (χ0) is 20.8. The van der Waals surface area contributed by atoms with Crippen molar-refractivity contribution in [2.45, 2.75) is 39.2 Å². The van der Waals surface area contributed by atoms with Crippen molar-refractivity contribution in [3.05, 3.63) is 41.6 Å². The van der Waals surface area contributed by atoms with Gasteiger partial charge in [0.2, 0.25) is 11.9 Å². The minimum absolute atomic E-state index is 0.0676. The highest BCUT2D eigenvalue weighted by molar-refractivity contribution is 6.32. The number of carbonyl (C=O) groups excluding carboxylic acids is 1. The van der Waals surface area contributed by atoms with Crippen molar-refractivity contribution >= 4 is 35.0 Å². The van der Waals surface area contributed by atoms with Crippen LogP contribution in [0.4, 0.5) is 17.5 Å². The third kappa shape index (κ3) is 3.33. The van der Waals surface area contributed by atoms with Gasteiger partial charge in [-0.2, -0.15) is 4.98 Å². The lowest BCUT2D eigenvalue weighted by atomic mass is 9.40. The van der Waals surface area contributed by atoms with Crippen molar-refractivity contribution in [1.82, 2.24) is 15.3 Å². The predicted octanol–water partition coefficient (Wildman–Crippen LogP) is 4.47. The number of hydrogen-bond donors (Lipinski definition) is 3. The predicted molar refractivity (Wildman–Crippen MR) is 116 cm³/mol. The number of benzene rings is 1. The first-order valence-electron chi connectivity index (χ1n) is 10.1. The van der Waals surface area contributed by atoms with E-state index < -0.39 is 5.54 Å². The summed E-state index contributed by atoms with van der Waals surface area (Å²) in [7, 11) is 1.70. The van der Waals surface area contributed by atoms with Gasteiger partial charge in [-0.25, -0.2) is 4.98 Å². The molecule has 4 atom stereocenters. The summed E-state index contributed by atoms with van der Waals surface area (Å²) in [6.07, 6.45) is 3.57. The molecular weight excluding hydrogens is 386 g/mol. The van der Waals surface area contributed by atoms with Gasteiger partial charge in [-0.1, -0.05) is 43.6 Å². The fraction of sp³-hybridized carbons (Fsp3) is 0.500. The van der Waals surface area contributed by atoms with E-state index in [0.29, 0.717) is 28.6 Å². The average molecular weight is 414 g/mol. The lowest BCUT2D eigenvalue weighted by Crippen LogP contribution is -2.69. The molecule has 0 spiro atoms. The molecule has 0 unspecified atom stereocenters. The molecule has 3 aliphatic carbocycles. The van der Waals surface area contributed by atoms with Crippen LogP contribution in [0.15, 0.2) is 36.5 Å². The molecule has 1 aromatic carbocycles. The van der Waals surface area contributed by atoms with Crippen LogP contribution < -0.4 is 16.0 Å². The van der Waals surface area contributed by atoms with E-state index in [2.05, 4.69) is 46.7 Å². The topological polar surface area (TPSA) is 78.9 Å². The van der Waals surface area contributed by atoms with Crippen LogP contribution in [-0.2, 0) is 4.79 Å². The molecule has 3 fully saturated rings. The maximum atomic E-state index is 12.7. The first-order valence-corrected chi connectivity index (χ1v) is 10.5. The number of halogens is 1. The third-order valence-corrected chi connectivity index (χ3v) is 7.44. The molecule has 3 N–H and O–H groups in total. The Morgan fingerprint density at radius 2 is 1.90 bits per heavy atom. The standard InChI is InChI=1S/C22H28ClN5O/c1-21(2)13-10-15(19(29)24-4)22(3,17(21)11-13)28-18-16(23)12-25-20(27-18)26-14-8-6-5-7-9-14/h5-9,12-13,15,17H,10-11H2,1-4H3,(H,24,29)(H2,25,26,27,28)/t13-,15-,17-,22+/m1/s1. The number of amides is 1. The maximum absolute atomic E-state index is 12.7. The molecule has 7 heteroatoms. The van der Waals surface area contributed by atoms with Gasteiger partial charge in [0, 0.05) is 12.7 Å². The number of aromatic nitrogens is 2. The van der Waals surface area contributed by atoms with Crippen LogP contribution in [0.5, 0.6) is 0 Å². The van der Waals surface area contributed by atoms with Gasteiger partial charge in [0.25, 0.3) is 0 Å². The first-order chi connectivity index (χ1) is 13.8. The Morgan fingerprint density at radius 1 is 1.17 bits per heavy atom. The van der Waals surface area contributed by atoms with Gasteiger partial charge in [-0.15, -0.1) is 0 Å². The van der Waals surface area contributed by atoms with Crippen molar-refractivity contribution < 1.29 is 4.79 Å². The summed E-state index contributed by atoms with van der Waals surface area (Å²) in [5, 5.41) is 10.1. The van der Waals surface area contributed by atoms with Crippen LogP contribution in [0.2, 0.25) is 5.02 Å². The van der Waals surface area contributed by atoms with Crippen LogP contribution in [0.25, 0.3) is 0 Å². The molecule has 1 heterocycles. The van der Waals surface area contributed by atoms with Crippen molar-refractivity contribution in [1.29, 1.82) is 0 Å². The van der Waals surface area contributed by atoms with Crippen LogP contribution in [0.3, 0.4) is 0 Å². The number of rotatable bonds is 5. The largest absolute Gasteiger partial charge is 0.362 e. The van der Waals surface area contributed by atoms with E-state index in [1.54, 1.807) is 13.2 Å². The fourth-order valence-corrected chi connectivity index (χ4v) is 5.49. The van der Waals surface area contributed by atoms with E-state index in [0.717, 1.165) is 18.5 Å². The molecule has 3 saturated carbocycles. The van der Waals surface area contributed by atoms with Gasteiger partial charge in [0.1, 0.15) is 5.02 Å². The van der Waals surface area contributed by atoms with Gasteiger partial charge < -0.3 is 16.0 Å². The van der Waals surface area contributed by atoms with Crippen LogP contribution in [0, 0.1) is 23.2 Å². The summed E-state index contributed by atoms with van der Waals surface area (Å²) < 4.78 is 0. The highest BCUT2D eigenvalue weighted by Crippen LogP contribution is 2.65. The number of nitrogens with zero attached hydrogens (tertiary/aromatic N) is 2. The van der Waals surface area contributed by atoms with E-state index in [4.69, 9.17) is 11.6 Å². The van der Waals surface area contributed by atoms with Gasteiger partial charge >= 0.3 is 0 Å². The van der Waals surface area contributed by atoms with Crippen molar-refractivity contribution in [3.8, 4) is 0 Å². The Hall–Kier alpha value is -2.34. The summed E-state index contributed by atoms with van der Waals surface area (Å²) in [6.45, 7) is 6.74. The second kappa shape index (κ2) is 7.17. The smallest absolute Gasteiger partial charge is 0.229 e. The zero-order valence-corrected chi connectivity index (χ0v) is 18.0. The molecular formula is C22H28ClN5O. The van der Waals surface area contributed by atoms with Gasteiger partial charge in [-0.3, -0.25) is 4.79 Å². The van der Waals surface area contributed by atoms with Crippen LogP contribution in [-0.4, -0.2) is 28.5 Å². The van der Waals surface area contributed by atoms with E-state index in [9.17, 15) is 4.79 Å². The first kappa shape index (κ1) is 20.0. The Kier molecular flexibility index (Phi) is 4.93. The lowest BCUT2D eigenvalue weighted by molar-refractivity contribution is -0.155. The quantitative estimate of drug-likeness (QED) is 0.673. The van der Waals surface area contributed by atoms with Crippen LogP contribution >= 0.6 is 11.6 Å². The summed E-state index contributed by atoms with van der Waals surface area (Å²) in [4.78, 5) is 21.6. The molecule has 154 valence electrons. The molecule has 2 aromatic rings. The van der Waals surface area contributed by atoms with Crippen molar-refractivity contribution in [3.63, 3.8) is 0 Å². The number of para-hydroxylation sites is 1. The molecule has 2 bridgehead atoms. The zero-order valence-electron chi connectivity index (χ0n) is 17.3. The number of hydrogen-bond acceptors (Lipinski definition) is 5. The normalized spacial score (nSPS) is 29.5. The molecule has 1 aromatic heterocycles. The fourth-order valence-electron chi connectivity index (χ4n) is 5.35. The van der Waals surface area contributed by atoms with Crippen molar-refractivity contribution in [2.24, 2.45) is 23.2 Å². The Balaban J connectivity index is 1.65. The van der Waals surface area contributed by atoms with Gasteiger partial charge in [-0.05, 0) is 49.1 Å². The summed E-state index contributed by atoms with van der Waals surface area (Å²) in [5.74, 6) is 1.87. The third-order valence-electron chi connectivity index (χ3n) is 7.16. The second-order valence-corrected chi connectivity index (χ2v) is 9.41. The Bertz CT molecular complexity index is 919. The number of carbonyl (C=O) groups is 1. The molecule has 1 amide bonds. The van der Waals surface area contributed by atoms with Gasteiger partial charge in [0.05, 0.1) is 17.7 Å². The Labute approximate surface area is 176 Å². The van der Waals surface area contributed by atoms with Crippen LogP contribution in [0.1, 0.15) is 33.6 Å². The van der Waals surface area contributed by atoms with E-state index in [1.807, 2.05) is 30.3 Å². The highest BCUT2D eigenvalue weighted by Gasteiger charge is 2.64. The van der Waals surface area contributed by atoms with Crippen molar-refractivity contribution in [2.75, 3.05) is 17.7 Å². The summed E-state index contributed by atoms with van der Waals surface area (Å²) in [5.41, 5.74) is 0.632. The summed E-state index contributed by atoms with van der Waals surface area (Å²) in [6, 6.07) is 9.75. The molecule has 0 radical (unpaired) electrons. The number of nitrogens with one attached hydrogen (secondary N) is 3. The van der Waals surface area contributed by atoms with E-state index in [1.165, 1.54) is 0 Å². The number of anilines is 3. The highest BCUT2D eigenvalue weighted by atomic mass is 35.5. The van der Waals surface area contributed by atoms with E-state index in [-0.39, 0.29) is 17.2 Å². The molecule has 6 nitrogen and oxygen atoms in total. The maximum Gasteiger partial charge on any atom is 0.229 e. The summed E-state index contributed by atoms with van der Waals surface area (Å²) >= 11 is 6.46. The second-order valence-electron chi connectivity index (χ2n) is 9.00. The molecule has 0 saturated heterocycles. The minimum atomic E-state index is -0.444. The molecule has 29 heavy (non-hydrogen) atoms. The van der Waals surface area contributed by atoms with Gasteiger partial charge in [0.15, 0.2) is 5.82 Å².